The molecule has 0 spiro atoms. The zero-order valence-corrected chi connectivity index (χ0v) is 17.2. The maximum Gasteiger partial charge on any atom is 0.416 e. The number of hydrogen-bond acceptors (Lipinski definition) is 4. The summed E-state index contributed by atoms with van der Waals surface area (Å²) in [4.78, 5) is 16.1. The zero-order chi connectivity index (χ0) is 21.9. The Morgan fingerprint density at radius 1 is 1.13 bits per heavy atom. The van der Waals surface area contributed by atoms with E-state index < -0.39 is 17.7 Å². The summed E-state index contributed by atoms with van der Waals surface area (Å²) in [6, 6.07) is 10.5. The van der Waals surface area contributed by atoms with Crippen LogP contribution in [0.15, 0.2) is 42.5 Å². The minimum absolute atomic E-state index is 0.0772. The average Bonchev–Trinajstić information content (AvgIpc) is 3.05. The second-order valence-corrected chi connectivity index (χ2v) is 7.96. The molecule has 0 unspecified atom stereocenters. The summed E-state index contributed by atoms with van der Waals surface area (Å²) in [5.74, 6) is -0.172. The van der Waals surface area contributed by atoms with Gasteiger partial charge < -0.3 is 9.84 Å². The molecule has 0 radical (unpaired) electrons. The zero-order valence-electron chi connectivity index (χ0n) is 16.4. The molecule has 4 nitrogen and oxygen atoms in total. The van der Waals surface area contributed by atoms with E-state index in [0.717, 1.165) is 33.8 Å². The molecule has 0 saturated heterocycles. The molecule has 2 aromatic carbocycles. The van der Waals surface area contributed by atoms with E-state index in [9.17, 15) is 18.0 Å². The first kappa shape index (κ1) is 21.8. The number of carbonyl (C=O) groups is 1. The van der Waals surface area contributed by atoms with Gasteiger partial charge in [0.25, 0.3) is 0 Å². The third-order valence-corrected chi connectivity index (χ3v) is 5.82. The largest absolute Gasteiger partial charge is 0.488 e. The number of nitrogens with zero attached hydrogens (tertiary/aromatic N) is 1. The van der Waals surface area contributed by atoms with Crippen molar-refractivity contribution < 1.29 is 27.8 Å². The van der Waals surface area contributed by atoms with Gasteiger partial charge in [-0.15, -0.1) is 11.3 Å². The van der Waals surface area contributed by atoms with E-state index >= 15 is 0 Å². The molecular formula is C22H20F3NO3S. The lowest BCUT2D eigenvalue weighted by Gasteiger charge is -2.09. The SMILES string of the molecule is Cc1cc(OCc2sc(-c3ccc(C(F)(F)F)cc3)nc2C)ccc1CCC(=O)O. The number of ether oxygens (including phenoxy) is 1. The molecule has 30 heavy (non-hydrogen) atoms. The van der Waals surface area contributed by atoms with Crippen molar-refractivity contribution in [3.05, 3.63) is 69.7 Å². The summed E-state index contributed by atoms with van der Waals surface area (Å²) in [6.07, 6.45) is -3.82. The van der Waals surface area contributed by atoms with Crippen LogP contribution in [0.1, 0.15) is 33.7 Å². The highest BCUT2D eigenvalue weighted by molar-refractivity contribution is 7.15. The van der Waals surface area contributed by atoms with Gasteiger partial charge in [-0.25, -0.2) is 4.98 Å². The lowest BCUT2D eigenvalue weighted by molar-refractivity contribution is -0.138. The smallest absolute Gasteiger partial charge is 0.416 e. The third-order valence-electron chi connectivity index (χ3n) is 4.64. The molecule has 3 aromatic rings. The molecule has 158 valence electrons. The molecule has 0 aliphatic carbocycles. The summed E-state index contributed by atoms with van der Waals surface area (Å²) < 4.78 is 44.0. The number of rotatable bonds is 7. The van der Waals surface area contributed by atoms with Crippen LogP contribution < -0.4 is 4.74 Å². The number of aliphatic carboxylic acids is 1. The molecule has 1 N–H and O–H groups in total. The summed E-state index contributed by atoms with van der Waals surface area (Å²) in [5.41, 5.74) is 2.62. The van der Waals surface area contributed by atoms with E-state index in [0.29, 0.717) is 22.7 Å². The van der Waals surface area contributed by atoms with Gasteiger partial charge in [-0.05, 0) is 55.7 Å². The number of alkyl halides is 3. The Hall–Kier alpha value is -2.87. The molecule has 0 aliphatic rings. The summed E-state index contributed by atoms with van der Waals surface area (Å²) in [5, 5.41) is 9.45. The molecule has 8 heteroatoms. The van der Waals surface area contributed by atoms with Gasteiger partial charge in [-0.3, -0.25) is 4.79 Å². The van der Waals surface area contributed by atoms with Crippen molar-refractivity contribution in [3.63, 3.8) is 0 Å². The quantitative estimate of drug-likeness (QED) is 0.491. The predicted molar refractivity (Wildman–Crippen MR) is 109 cm³/mol. The second-order valence-electron chi connectivity index (χ2n) is 6.87. The Labute approximate surface area is 176 Å². The van der Waals surface area contributed by atoms with Crippen molar-refractivity contribution in [1.82, 2.24) is 4.98 Å². The number of benzene rings is 2. The maximum atomic E-state index is 12.7. The monoisotopic (exact) mass is 435 g/mol. The van der Waals surface area contributed by atoms with Gasteiger partial charge in [0, 0.05) is 12.0 Å². The van der Waals surface area contributed by atoms with Crippen LogP contribution in [0.2, 0.25) is 0 Å². The van der Waals surface area contributed by atoms with Crippen LogP contribution in [-0.2, 0) is 24.0 Å². The molecule has 1 heterocycles. The van der Waals surface area contributed by atoms with Crippen molar-refractivity contribution in [2.75, 3.05) is 0 Å². The molecular weight excluding hydrogens is 415 g/mol. The first-order valence-electron chi connectivity index (χ1n) is 9.21. The van der Waals surface area contributed by atoms with Crippen LogP contribution in [0.4, 0.5) is 13.2 Å². The molecule has 0 saturated carbocycles. The Morgan fingerprint density at radius 3 is 2.43 bits per heavy atom. The first-order valence-corrected chi connectivity index (χ1v) is 10.0. The first-order chi connectivity index (χ1) is 14.1. The predicted octanol–water partition coefficient (Wildman–Crippen LogP) is 6.04. The molecule has 0 atom stereocenters. The Bertz CT molecular complexity index is 1040. The van der Waals surface area contributed by atoms with Crippen LogP contribution in [-0.4, -0.2) is 16.1 Å². The minimum Gasteiger partial charge on any atom is -0.488 e. The summed E-state index contributed by atoms with van der Waals surface area (Å²) in [6.45, 7) is 4.03. The summed E-state index contributed by atoms with van der Waals surface area (Å²) in [7, 11) is 0. The lowest BCUT2D eigenvalue weighted by Crippen LogP contribution is -2.03. The van der Waals surface area contributed by atoms with E-state index in [1.54, 1.807) is 6.07 Å². The number of hydrogen-bond donors (Lipinski definition) is 1. The lowest BCUT2D eigenvalue weighted by atomic mass is 10.0. The van der Waals surface area contributed by atoms with Crippen molar-refractivity contribution >= 4 is 17.3 Å². The number of halogens is 3. The number of carboxylic acid groups (broad SMARTS) is 1. The van der Waals surface area contributed by atoms with Crippen molar-refractivity contribution in [1.29, 1.82) is 0 Å². The number of thiazole rings is 1. The molecule has 0 amide bonds. The third kappa shape index (κ3) is 5.38. The van der Waals surface area contributed by atoms with Gasteiger partial charge in [-0.2, -0.15) is 13.2 Å². The van der Waals surface area contributed by atoms with Gasteiger partial charge in [0.15, 0.2) is 0 Å². The number of aromatic nitrogens is 1. The van der Waals surface area contributed by atoms with E-state index in [1.807, 2.05) is 26.0 Å². The van der Waals surface area contributed by atoms with Crippen molar-refractivity contribution in [2.45, 2.75) is 39.5 Å². The second kappa shape index (κ2) is 8.87. The van der Waals surface area contributed by atoms with Gasteiger partial charge in [0.1, 0.15) is 17.4 Å². The normalized spacial score (nSPS) is 11.5. The number of carboxylic acids is 1. The molecule has 0 fully saturated rings. The standard InChI is InChI=1S/C22H20F3NO3S/c1-13-11-18(9-5-15(13)6-10-20(27)28)29-12-19-14(2)26-21(30-19)16-3-7-17(8-4-16)22(23,24)25/h3-5,7-9,11H,6,10,12H2,1-2H3,(H,27,28). The summed E-state index contributed by atoms with van der Waals surface area (Å²) >= 11 is 1.38. The average molecular weight is 435 g/mol. The van der Waals surface area contributed by atoms with E-state index in [4.69, 9.17) is 9.84 Å². The van der Waals surface area contributed by atoms with E-state index in [2.05, 4.69) is 4.98 Å². The molecule has 0 aliphatic heterocycles. The fourth-order valence-corrected chi connectivity index (χ4v) is 3.90. The Balaban J connectivity index is 1.68. The van der Waals surface area contributed by atoms with Crippen molar-refractivity contribution in [3.8, 4) is 16.3 Å². The van der Waals surface area contributed by atoms with Crippen LogP contribution in [0.5, 0.6) is 5.75 Å². The van der Waals surface area contributed by atoms with E-state index in [-0.39, 0.29) is 13.0 Å². The maximum absolute atomic E-state index is 12.7. The fraction of sp³-hybridized carbons (Fsp3) is 0.273. The Morgan fingerprint density at radius 2 is 1.83 bits per heavy atom. The van der Waals surface area contributed by atoms with Gasteiger partial charge in [0.2, 0.25) is 0 Å². The van der Waals surface area contributed by atoms with Crippen LogP contribution in [0.25, 0.3) is 10.6 Å². The highest BCUT2D eigenvalue weighted by Crippen LogP contribution is 2.33. The molecule has 0 bridgehead atoms. The van der Waals surface area contributed by atoms with E-state index in [1.165, 1.54) is 23.5 Å². The van der Waals surface area contributed by atoms with Gasteiger partial charge in [0.05, 0.1) is 16.1 Å². The van der Waals surface area contributed by atoms with Gasteiger partial charge >= 0.3 is 12.1 Å². The van der Waals surface area contributed by atoms with Crippen LogP contribution >= 0.6 is 11.3 Å². The van der Waals surface area contributed by atoms with Crippen molar-refractivity contribution in [2.24, 2.45) is 0 Å². The van der Waals surface area contributed by atoms with Crippen LogP contribution in [0.3, 0.4) is 0 Å². The number of aryl methyl sites for hydroxylation is 3. The fourth-order valence-electron chi connectivity index (χ4n) is 2.92. The highest BCUT2D eigenvalue weighted by Gasteiger charge is 2.30. The Kier molecular flexibility index (Phi) is 6.45. The van der Waals surface area contributed by atoms with Gasteiger partial charge in [-0.1, -0.05) is 18.2 Å². The minimum atomic E-state index is -4.36. The topological polar surface area (TPSA) is 59.4 Å². The molecule has 1 aromatic heterocycles. The molecule has 3 rings (SSSR count). The van der Waals surface area contributed by atoms with Crippen LogP contribution in [0, 0.1) is 13.8 Å². The highest BCUT2D eigenvalue weighted by atomic mass is 32.1.